The number of nitrogens with one attached hydrogen (secondary N) is 2. The second-order valence-corrected chi connectivity index (χ2v) is 5.92. The minimum atomic E-state index is -0.546. The number of hydrogen-bond donors (Lipinski definition) is 2. The maximum absolute atomic E-state index is 12.0. The number of carbonyl (C=O) groups excluding carboxylic acids is 1. The van der Waals surface area contributed by atoms with Crippen LogP contribution in [0.15, 0.2) is 12.1 Å². The van der Waals surface area contributed by atoms with E-state index in [0.29, 0.717) is 0 Å². The molecular formula is C12H16BrN3O3. The van der Waals surface area contributed by atoms with Crippen LogP contribution in [-0.2, 0) is 0 Å². The number of H-pyrrole nitrogens is 1. The van der Waals surface area contributed by atoms with Crippen LogP contribution >= 0.6 is 15.9 Å². The van der Waals surface area contributed by atoms with Gasteiger partial charge in [-0.15, -0.1) is 0 Å². The second kappa shape index (κ2) is 6.18. The molecule has 1 saturated carbocycles. The van der Waals surface area contributed by atoms with Crippen molar-refractivity contribution in [2.75, 3.05) is 0 Å². The fraction of sp³-hybridized carbons (Fsp3) is 0.583. The Morgan fingerprint density at radius 3 is 2.79 bits per heavy atom. The molecule has 0 spiro atoms. The van der Waals surface area contributed by atoms with E-state index in [1.165, 1.54) is 18.6 Å². The third kappa shape index (κ3) is 3.56. The number of aromatic nitrogens is 1. The van der Waals surface area contributed by atoms with Crippen LogP contribution in [0.1, 0.15) is 42.6 Å². The molecule has 1 aromatic heterocycles. The first kappa shape index (κ1) is 14.0. The van der Waals surface area contributed by atoms with E-state index < -0.39 is 4.92 Å². The smallest absolute Gasteiger partial charge is 0.321 e. The molecule has 0 radical (unpaired) electrons. The van der Waals surface area contributed by atoms with Gasteiger partial charge < -0.3 is 15.4 Å². The van der Waals surface area contributed by atoms with Crippen LogP contribution < -0.4 is 5.32 Å². The number of rotatable bonds is 3. The van der Waals surface area contributed by atoms with Gasteiger partial charge in [-0.2, -0.15) is 0 Å². The Bertz CT molecular complexity index is 475. The lowest BCUT2D eigenvalue weighted by Gasteiger charge is -2.20. The average Bonchev–Trinajstić information content (AvgIpc) is 2.78. The molecule has 0 bridgehead atoms. The van der Waals surface area contributed by atoms with Crippen LogP contribution in [0.2, 0.25) is 0 Å². The van der Waals surface area contributed by atoms with Crippen LogP contribution in [-0.4, -0.2) is 26.7 Å². The first-order chi connectivity index (χ1) is 9.08. The first-order valence-electron chi connectivity index (χ1n) is 6.36. The Balaban J connectivity index is 2.00. The lowest BCUT2D eigenvalue weighted by Crippen LogP contribution is -2.40. The van der Waals surface area contributed by atoms with Gasteiger partial charge in [0.1, 0.15) is 0 Å². The van der Waals surface area contributed by atoms with E-state index in [-0.39, 0.29) is 28.3 Å². The summed E-state index contributed by atoms with van der Waals surface area (Å²) in [5, 5.41) is 13.5. The van der Waals surface area contributed by atoms with Crippen molar-refractivity contribution in [2.24, 2.45) is 0 Å². The molecule has 1 aromatic rings. The van der Waals surface area contributed by atoms with E-state index in [1.54, 1.807) is 0 Å². The highest BCUT2D eigenvalue weighted by atomic mass is 79.9. The molecule has 19 heavy (non-hydrogen) atoms. The molecule has 2 N–H and O–H groups in total. The molecule has 1 aliphatic rings. The summed E-state index contributed by atoms with van der Waals surface area (Å²) >= 11 is 3.60. The van der Waals surface area contributed by atoms with E-state index in [4.69, 9.17) is 0 Å². The number of hydrogen-bond acceptors (Lipinski definition) is 3. The molecule has 1 amide bonds. The number of nitro groups is 1. The van der Waals surface area contributed by atoms with Gasteiger partial charge in [0.25, 0.3) is 5.91 Å². The van der Waals surface area contributed by atoms with Gasteiger partial charge >= 0.3 is 5.82 Å². The Hall–Kier alpha value is -1.37. The SMILES string of the molecule is O=C(NC1CCCCCC1Br)c1ccc([N+](=O)[O-])[nH]1. The molecule has 1 fully saturated rings. The van der Waals surface area contributed by atoms with Gasteiger partial charge in [-0.3, -0.25) is 4.79 Å². The van der Waals surface area contributed by atoms with Crippen LogP contribution in [0.3, 0.4) is 0 Å². The van der Waals surface area contributed by atoms with Crippen LogP contribution in [0.4, 0.5) is 5.82 Å². The van der Waals surface area contributed by atoms with E-state index >= 15 is 0 Å². The zero-order valence-electron chi connectivity index (χ0n) is 10.4. The topological polar surface area (TPSA) is 88.0 Å². The van der Waals surface area contributed by atoms with Gasteiger partial charge in [0.05, 0.1) is 0 Å². The quantitative estimate of drug-likeness (QED) is 0.387. The van der Waals surface area contributed by atoms with Crippen LogP contribution in [0.25, 0.3) is 0 Å². The van der Waals surface area contributed by atoms with Crippen molar-refractivity contribution < 1.29 is 9.72 Å². The molecule has 2 atom stereocenters. The number of alkyl halides is 1. The molecule has 1 aliphatic carbocycles. The standard InChI is InChI=1S/C12H16BrN3O3/c13-8-4-2-1-3-5-9(8)15-12(17)10-6-7-11(14-10)16(18)19/h6-9,14H,1-5H2,(H,15,17). The Labute approximate surface area is 119 Å². The number of amides is 1. The average molecular weight is 330 g/mol. The molecule has 1 heterocycles. The van der Waals surface area contributed by atoms with Gasteiger partial charge in [0.2, 0.25) is 0 Å². The molecular weight excluding hydrogens is 314 g/mol. The van der Waals surface area contributed by atoms with Crippen molar-refractivity contribution in [3.8, 4) is 0 Å². The summed E-state index contributed by atoms with van der Waals surface area (Å²) in [4.78, 5) is 24.8. The zero-order valence-corrected chi connectivity index (χ0v) is 12.0. The maximum atomic E-state index is 12.0. The number of carbonyl (C=O) groups is 1. The Morgan fingerprint density at radius 1 is 1.37 bits per heavy atom. The summed E-state index contributed by atoms with van der Waals surface area (Å²) in [5.74, 6) is -0.453. The molecule has 0 aliphatic heterocycles. The van der Waals surface area contributed by atoms with Gasteiger partial charge in [-0.05, 0) is 23.8 Å². The fourth-order valence-electron chi connectivity index (χ4n) is 2.29. The third-order valence-electron chi connectivity index (χ3n) is 3.36. The summed E-state index contributed by atoms with van der Waals surface area (Å²) in [5.41, 5.74) is 0.232. The summed E-state index contributed by atoms with van der Waals surface area (Å²) in [7, 11) is 0. The van der Waals surface area contributed by atoms with Crippen molar-refractivity contribution in [1.82, 2.24) is 10.3 Å². The minimum absolute atomic E-state index is 0.0809. The molecule has 2 unspecified atom stereocenters. The zero-order chi connectivity index (χ0) is 13.8. The first-order valence-corrected chi connectivity index (χ1v) is 7.28. The lowest BCUT2D eigenvalue weighted by atomic mass is 10.1. The van der Waals surface area contributed by atoms with E-state index in [0.717, 1.165) is 25.7 Å². The highest BCUT2D eigenvalue weighted by Gasteiger charge is 2.25. The van der Waals surface area contributed by atoms with Crippen LogP contribution in [0, 0.1) is 10.1 Å². The van der Waals surface area contributed by atoms with Gasteiger partial charge in [-0.1, -0.05) is 35.2 Å². The molecule has 6 nitrogen and oxygen atoms in total. The normalized spacial score (nSPS) is 23.6. The van der Waals surface area contributed by atoms with Gasteiger partial charge in [0, 0.05) is 16.9 Å². The summed E-state index contributed by atoms with van der Waals surface area (Å²) in [6.45, 7) is 0. The highest BCUT2D eigenvalue weighted by Crippen LogP contribution is 2.24. The molecule has 0 aromatic carbocycles. The summed E-state index contributed by atoms with van der Waals surface area (Å²) < 4.78 is 0. The van der Waals surface area contributed by atoms with Crippen molar-refractivity contribution >= 4 is 27.7 Å². The monoisotopic (exact) mass is 329 g/mol. The van der Waals surface area contributed by atoms with Crippen molar-refractivity contribution in [1.29, 1.82) is 0 Å². The van der Waals surface area contributed by atoms with Gasteiger partial charge in [-0.25, -0.2) is 4.98 Å². The molecule has 7 heteroatoms. The number of aromatic amines is 1. The maximum Gasteiger partial charge on any atom is 0.321 e. The minimum Gasteiger partial charge on any atom is -0.358 e. The van der Waals surface area contributed by atoms with Crippen LogP contribution in [0.5, 0.6) is 0 Å². The lowest BCUT2D eigenvalue weighted by molar-refractivity contribution is -0.389. The fourth-order valence-corrected chi connectivity index (χ4v) is 3.01. The highest BCUT2D eigenvalue weighted by molar-refractivity contribution is 9.09. The van der Waals surface area contributed by atoms with Crippen molar-refractivity contribution in [3.63, 3.8) is 0 Å². The predicted molar refractivity (Wildman–Crippen MR) is 74.5 cm³/mol. The Morgan fingerprint density at radius 2 is 2.11 bits per heavy atom. The van der Waals surface area contributed by atoms with E-state index in [1.807, 2.05) is 0 Å². The second-order valence-electron chi connectivity index (χ2n) is 4.75. The molecule has 2 rings (SSSR count). The predicted octanol–water partition coefficient (Wildman–Crippen LogP) is 2.75. The summed E-state index contributed by atoms with van der Waals surface area (Å²) in [6, 6.07) is 2.82. The van der Waals surface area contributed by atoms with E-state index in [2.05, 4.69) is 26.2 Å². The van der Waals surface area contributed by atoms with Crippen molar-refractivity contribution in [2.45, 2.75) is 43.0 Å². The largest absolute Gasteiger partial charge is 0.358 e. The van der Waals surface area contributed by atoms with Crippen molar-refractivity contribution in [3.05, 3.63) is 27.9 Å². The number of nitrogens with zero attached hydrogens (tertiary/aromatic N) is 1. The summed E-state index contributed by atoms with van der Waals surface area (Å²) in [6.07, 6.45) is 5.41. The number of halogens is 1. The molecule has 104 valence electrons. The Kier molecular flexibility index (Phi) is 4.57. The molecule has 0 saturated heterocycles. The van der Waals surface area contributed by atoms with Gasteiger partial charge in [0.15, 0.2) is 5.69 Å². The van der Waals surface area contributed by atoms with E-state index in [9.17, 15) is 14.9 Å². The third-order valence-corrected chi connectivity index (χ3v) is 4.46.